The molecular formula is C19H23NO. The van der Waals surface area contributed by atoms with E-state index in [-0.39, 0.29) is 6.61 Å². The van der Waals surface area contributed by atoms with Crippen LogP contribution in [0.2, 0.25) is 0 Å². The molecule has 0 bridgehead atoms. The van der Waals surface area contributed by atoms with Gasteiger partial charge in [0, 0.05) is 28.4 Å². The van der Waals surface area contributed by atoms with Gasteiger partial charge in [0.25, 0.3) is 0 Å². The fourth-order valence-electron chi connectivity index (χ4n) is 3.13. The van der Waals surface area contributed by atoms with Gasteiger partial charge in [-0.2, -0.15) is 0 Å². The summed E-state index contributed by atoms with van der Waals surface area (Å²) >= 11 is 0. The Morgan fingerprint density at radius 3 is 2.52 bits per heavy atom. The highest BCUT2D eigenvalue weighted by Gasteiger charge is 2.10. The van der Waals surface area contributed by atoms with Crippen molar-refractivity contribution >= 4 is 21.8 Å². The first-order chi connectivity index (χ1) is 10.3. The Labute approximate surface area is 126 Å². The molecule has 110 valence electrons. The first-order valence-electron chi connectivity index (χ1n) is 7.96. The Bertz CT molecular complexity index is 742. The molecule has 3 rings (SSSR count). The maximum Gasteiger partial charge on any atom is 0.0682 e. The highest BCUT2D eigenvalue weighted by Crippen LogP contribution is 2.30. The number of hydrogen-bond donors (Lipinski definition) is 1. The van der Waals surface area contributed by atoms with Gasteiger partial charge in [0.15, 0.2) is 0 Å². The van der Waals surface area contributed by atoms with Crippen LogP contribution in [0.5, 0.6) is 0 Å². The molecule has 0 aliphatic carbocycles. The Morgan fingerprint density at radius 2 is 1.71 bits per heavy atom. The molecule has 2 heteroatoms. The number of unbranched alkanes of at least 4 members (excludes halogenated alkanes) is 3. The van der Waals surface area contributed by atoms with E-state index in [1.54, 1.807) is 0 Å². The van der Waals surface area contributed by atoms with E-state index in [0.29, 0.717) is 0 Å². The lowest BCUT2D eigenvalue weighted by molar-refractivity contribution is 0.282. The van der Waals surface area contributed by atoms with Gasteiger partial charge in [0.1, 0.15) is 0 Å². The van der Waals surface area contributed by atoms with Gasteiger partial charge in [-0.15, -0.1) is 0 Å². The van der Waals surface area contributed by atoms with E-state index in [0.717, 1.165) is 12.1 Å². The lowest BCUT2D eigenvalue weighted by Crippen LogP contribution is -1.98. The summed E-state index contributed by atoms with van der Waals surface area (Å²) in [6, 6.07) is 14.9. The van der Waals surface area contributed by atoms with E-state index >= 15 is 0 Å². The number of aryl methyl sites for hydroxylation is 1. The van der Waals surface area contributed by atoms with E-state index in [4.69, 9.17) is 0 Å². The lowest BCUT2D eigenvalue weighted by Gasteiger charge is -2.08. The van der Waals surface area contributed by atoms with Crippen molar-refractivity contribution in [3.8, 4) is 0 Å². The molecule has 3 aromatic rings. The first-order valence-corrected chi connectivity index (χ1v) is 7.96. The van der Waals surface area contributed by atoms with Crippen LogP contribution in [0.3, 0.4) is 0 Å². The van der Waals surface area contributed by atoms with Crippen LogP contribution in [-0.2, 0) is 13.2 Å². The van der Waals surface area contributed by atoms with Crippen molar-refractivity contribution in [2.45, 2.75) is 45.8 Å². The quantitative estimate of drug-likeness (QED) is 0.641. The zero-order valence-corrected chi connectivity index (χ0v) is 12.7. The monoisotopic (exact) mass is 281 g/mol. The first kappa shape index (κ1) is 14.2. The van der Waals surface area contributed by atoms with Gasteiger partial charge >= 0.3 is 0 Å². The topological polar surface area (TPSA) is 25.2 Å². The minimum absolute atomic E-state index is 0.104. The second-order valence-electron chi connectivity index (χ2n) is 5.74. The molecule has 0 unspecified atom stereocenters. The average molecular weight is 281 g/mol. The van der Waals surface area contributed by atoms with Crippen LogP contribution in [0.25, 0.3) is 21.8 Å². The number of aliphatic hydroxyl groups excluding tert-OH is 1. The van der Waals surface area contributed by atoms with E-state index in [9.17, 15) is 5.11 Å². The van der Waals surface area contributed by atoms with E-state index in [1.807, 2.05) is 6.07 Å². The van der Waals surface area contributed by atoms with Gasteiger partial charge in [-0.3, -0.25) is 0 Å². The Kier molecular flexibility index (Phi) is 4.26. The van der Waals surface area contributed by atoms with Crippen LogP contribution in [0.15, 0.2) is 42.5 Å². The number of rotatable bonds is 6. The molecule has 0 atom stereocenters. The van der Waals surface area contributed by atoms with Crippen molar-refractivity contribution in [1.29, 1.82) is 0 Å². The smallest absolute Gasteiger partial charge is 0.0682 e. The average Bonchev–Trinajstić information content (AvgIpc) is 2.85. The fraction of sp³-hybridized carbons (Fsp3) is 0.368. The molecule has 0 spiro atoms. The molecule has 0 aliphatic rings. The lowest BCUT2D eigenvalue weighted by atomic mass is 10.1. The minimum atomic E-state index is 0.104. The molecule has 1 N–H and O–H groups in total. The zero-order valence-electron chi connectivity index (χ0n) is 12.7. The molecule has 2 aromatic carbocycles. The third-order valence-electron chi connectivity index (χ3n) is 4.26. The van der Waals surface area contributed by atoms with Crippen LogP contribution in [0, 0.1) is 0 Å². The number of benzene rings is 2. The summed E-state index contributed by atoms with van der Waals surface area (Å²) in [5.41, 5.74) is 3.54. The van der Waals surface area contributed by atoms with Crippen molar-refractivity contribution in [3.05, 3.63) is 48.0 Å². The molecule has 0 fully saturated rings. The molecule has 0 saturated carbocycles. The summed E-state index contributed by atoms with van der Waals surface area (Å²) in [6.07, 6.45) is 5.07. The molecule has 0 radical (unpaired) electrons. The maximum atomic E-state index is 9.40. The van der Waals surface area contributed by atoms with Crippen molar-refractivity contribution in [2.75, 3.05) is 0 Å². The van der Waals surface area contributed by atoms with Gasteiger partial charge in [0.2, 0.25) is 0 Å². The van der Waals surface area contributed by atoms with Crippen LogP contribution in [-0.4, -0.2) is 9.67 Å². The summed E-state index contributed by atoms with van der Waals surface area (Å²) in [7, 11) is 0. The van der Waals surface area contributed by atoms with Crippen LogP contribution in [0.4, 0.5) is 0 Å². The predicted molar refractivity (Wildman–Crippen MR) is 89.5 cm³/mol. The SMILES string of the molecule is CCCCCCn1c2ccccc2c2ccc(CO)cc21. The third-order valence-corrected chi connectivity index (χ3v) is 4.26. The van der Waals surface area contributed by atoms with E-state index in [2.05, 4.69) is 47.9 Å². The summed E-state index contributed by atoms with van der Waals surface area (Å²) in [4.78, 5) is 0. The van der Waals surface area contributed by atoms with Crippen molar-refractivity contribution in [3.63, 3.8) is 0 Å². The van der Waals surface area contributed by atoms with E-state index < -0.39 is 0 Å². The highest BCUT2D eigenvalue weighted by atomic mass is 16.3. The van der Waals surface area contributed by atoms with Crippen LogP contribution < -0.4 is 0 Å². The summed E-state index contributed by atoms with van der Waals surface area (Å²) < 4.78 is 2.42. The van der Waals surface area contributed by atoms with Crippen molar-refractivity contribution in [1.82, 2.24) is 4.57 Å². The molecule has 1 aromatic heterocycles. The number of para-hydroxylation sites is 1. The van der Waals surface area contributed by atoms with Gasteiger partial charge < -0.3 is 9.67 Å². The second kappa shape index (κ2) is 6.31. The largest absolute Gasteiger partial charge is 0.392 e. The number of hydrogen-bond acceptors (Lipinski definition) is 1. The number of aliphatic hydroxyl groups is 1. The van der Waals surface area contributed by atoms with E-state index in [1.165, 1.54) is 47.5 Å². The second-order valence-corrected chi connectivity index (χ2v) is 5.74. The number of aromatic nitrogens is 1. The standard InChI is InChI=1S/C19H23NO/c1-2-3-4-7-12-20-18-9-6-5-8-16(18)17-11-10-15(14-21)13-19(17)20/h5-6,8-11,13,21H,2-4,7,12,14H2,1H3. The number of nitrogens with zero attached hydrogens (tertiary/aromatic N) is 1. The molecule has 2 nitrogen and oxygen atoms in total. The Hall–Kier alpha value is -1.80. The molecule has 1 heterocycles. The van der Waals surface area contributed by atoms with Crippen LogP contribution >= 0.6 is 0 Å². The van der Waals surface area contributed by atoms with Gasteiger partial charge in [-0.25, -0.2) is 0 Å². The Morgan fingerprint density at radius 1 is 0.905 bits per heavy atom. The van der Waals surface area contributed by atoms with Crippen LogP contribution in [0.1, 0.15) is 38.2 Å². The zero-order chi connectivity index (χ0) is 14.7. The molecule has 21 heavy (non-hydrogen) atoms. The summed E-state index contributed by atoms with van der Waals surface area (Å²) in [5.74, 6) is 0. The minimum Gasteiger partial charge on any atom is -0.392 e. The molecule has 0 amide bonds. The normalized spacial score (nSPS) is 11.5. The highest BCUT2D eigenvalue weighted by molar-refractivity contribution is 6.08. The molecular weight excluding hydrogens is 258 g/mol. The summed E-state index contributed by atoms with van der Waals surface area (Å²) in [5, 5.41) is 12.0. The van der Waals surface area contributed by atoms with Gasteiger partial charge in [-0.1, -0.05) is 56.5 Å². The predicted octanol–water partition coefficient (Wildman–Crippen LogP) is 4.87. The maximum absolute atomic E-state index is 9.40. The molecule has 0 saturated heterocycles. The van der Waals surface area contributed by atoms with Crippen molar-refractivity contribution in [2.24, 2.45) is 0 Å². The molecule has 0 aliphatic heterocycles. The van der Waals surface area contributed by atoms with Gasteiger partial charge in [0.05, 0.1) is 6.61 Å². The Balaban J connectivity index is 2.08. The van der Waals surface area contributed by atoms with Crippen molar-refractivity contribution < 1.29 is 5.11 Å². The third kappa shape index (κ3) is 2.68. The number of fused-ring (bicyclic) bond motifs is 3. The summed E-state index contributed by atoms with van der Waals surface area (Å²) in [6.45, 7) is 3.40. The fourth-order valence-corrected chi connectivity index (χ4v) is 3.13. The van der Waals surface area contributed by atoms with Gasteiger partial charge in [-0.05, 0) is 24.1 Å².